The van der Waals surface area contributed by atoms with E-state index in [0.717, 1.165) is 4.90 Å². The summed E-state index contributed by atoms with van der Waals surface area (Å²) in [6.45, 7) is 2.03. The molecule has 3 rings (SSSR count). The number of carbonyl (C=O) groups excluding carboxylic acids is 3. The second-order valence-corrected chi connectivity index (χ2v) is 5.99. The summed E-state index contributed by atoms with van der Waals surface area (Å²) in [5.41, 5.74) is 1.33. The number of amides is 3. The van der Waals surface area contributed by atoms with Crippen molar-refractivity contribution in [2.75, 3.05) is 13.1 Å². The van der Waals surface area contributed by atoms with Gasteiger partial charge >= 0.3 is 0 Å². The molecule has 130 valence electrons. The fraction of sp³-hybridized carbons (Fsp3) is 0.312. The van der Waals surface area contributed by atoms with E-state index in [1.54, 1.807) is 25.1 Å². The number of rotatable bonds is 5. The Bertz CT molecular complexity index is 832. The highest BCUT2D eigenvalue weighted by molar-refractivity contribution is 6.32. The monoisotopic (exact) mass is 361 g/mol. The molecule has 0 radical (unpaired) electrons. The van der Waals surface area contributed by atoms with Crippen LogP contribution < -0.4 is 5.32 Å². The van der Waals surface area contributed by atoms with Gasteiger partial charge in [0, 0.05) is 25.9 Å². The summed E-state index contributed by atoms with van der Waals surface area (Å²) in [4.78, 5) is 36.5. The molecule has 0 unspecified atom stereocenters. The van der Waals surface area contributed by atoms with E-state index in [9.17, 15) is 14.4 Å². The van der Waals surface area contributed by atoms with Crippen molar-refractivity contribution in [1.29, 1.82) is 0 Å². The molecular weight excluding hydrogens is 346 g/mol. The Morgan fingerprint density at radius 1 is 1.24 bits per heavy atom. The lowest BCUT2D eigenvalue weighted by atomic mass is 10.3. The van der Waals surface area contributed by atoms with Crippen LogP contribution in [0.1, 0.15) is 29.0 Å². The minimum Gasteiger partial charge on any atom is -0.349 e. The number of aromatic nitrogens is 3. The van der Waals surface area contributed by atoms with Crippen LogP contribution in [0.25, 0.3) is 5.69 Å². The maximum absolute atomic E-state index is 12.3. The number of hydrogen-bond donors (Lipinski definition) is 1. The molecule has 1 N–H and O–H groups in total. The first-order chi connectivity index (χ1) is 12.0. The Morgan fingerprint density at radius 3 is 2.60 bits per heavy atom. The third-order valence-electron chi connectivity index (χ3n) is 3.97. The number of nitrogens with zero attached hydrogens (tertiary/aromatic N) is 4. The zero-order chi connectivity index (χ0) is 18.0. The van der Waals surface area contributed by atoms with Crippen molar-refractivity contribution < 1.29 is 14.4 Å². The van der Waals surface area contributed by atoms with E-state index >= 15 is 0 Å². The molecule has 0 aliphatic carbocycles. The average molecular weight is 362 g/mol. The lowest BCUT2D eigenvalue weighted by Crippen LogP contribution is -2.38. The fourth-order valence-electron chi connectivity index (χ4n) is 2.63. The van der Waals surface area contributed by atoms with Crippen LogP contribution in [0.3, 0.4) is 0 Å². The van der Waals surface area contributed by atoms with Gasteiger partial charge in [-0.25, -0.2) is 4.68 Å². The highest BCUT2D eigenvalue weighted by Gasteiger charge is 2.28. The van der Waals surface area contributed by atoms with Crippen molar-refractivity contribution >= 4 is 29.3 Å². The molecule has 8 nitrogen and oxygen atoms in total. The second-order valence-electron chi connectivity index (χ2n) is 5.58. The van der Waals surface area contributed by atoms with E-state index in [1.807, 2.05) is 6.07 Å². The topological polar surface area (TPSA) is 97.2 Å². The molecule has 9 heteroatoms. The lowest BCUT2D eigenvalue weighted by molar-refractivity contribution is -0.138. The Balaban J connectivity index is 1.66. The van der Waals surface area contributed by atoms with Gasteiger partial charge in [-0.15, -0.1) is 5.10 Å². The summed E-state index contributed by atoms with van der Waals surface area (Å²) in [5, 5.41) is 11.0. The van der Waals surface area contributed by atoms with Gasteiger partial charge in [0.15, 0.2) is 5.69 Å². The molecule has 1 fully saturated rings. The zero-order valence-corrected chi connectivity index (χ0v) is 14.3. The van der Waals surface area contributed by atoms with Crippen molar-refractivity contribution in [3.63, 3.8) is 0 Å². The van der Waals surface area contributed by atoms with Crippen LogP contribution in [0.5, 0.6) is 0 Å². The third kappa shape index (κ3) is 3.39. The van der Waals surface area contributed by atoms with Gasteiger partial charge in [0.2, 0.25) is 11.8 Å². The third-order valence-corrected chi connectivity index (χ3v) is 4.29. The van der Waals surface area contributed by atoms with Crippen LogP contribution >= 0.6 is 11.6 Å². The summed E-state index contributed by atoms with van der Waals surface area (Å²) in [6.07, 6.45) is 0.468. The minimum atomic E-state index is -0.421. The van der Waals surface area contributed by atoms with Crippen molar-refractivity contribution in [2.45, 2.75) is 19.8 Å². The summed E-state index contributed by atoms with van der Waals surface area (Å²) in [7, 11) is 0. The number of hydrogen-bond acceptors (Lipinski definition) is 5. The van der Waals surface area contributed by atoms with Crippen molar-refractivity contribution in [1.82, 2.24) is 25.2 Å². The van der Waals surface area contributed by atoms with Gasteiger partial charge in [0.05, 0.1) is 16.4 Å². The molecule has 2 heterocycles. The molecule has 0 atom stereocenters. The number of imide groups is 1. The molecule has 3 amide bonds. The first-order valence-corrected chi connectivity index (χ1v) is 8.15. The smallest absolute Gasteiger partial charge is 0.273 e. The summed E-state index contributed by atoms with van der Waals surface area (Å²) in [5.74, 6) is -0.838. The van der Waals surface area contributed by atoms with Crippen LogP contribution in [-0.4, -0.2) is 50.7 Å². The number of benzene rings is 1. The first-order valence-electron chi connectivity index (χ1n) is 7.77. The number of nitrogens with one attached hydrogen (secondary N) is 1. The Hall–Kier alpha value is -2.74. The van der Waals surface area contributed by atoms with Gasteiger partial charge in [0.25, 0.3) is 5.91 Å². The molecule has 1 aliphatic heterocycles. The van der Waals surface area contributed by atoms with Gasteiger partial charge in [-0.1, -0.05) is 28.9 Å². The molecule has 1 aliphatic rings. The quantitative estimate of drug-likeness (QED) is 0.804. The van der Waals surface area contributed by atoms with E-state index < -0.39 is 5.91 Å². The summed E-state index contributed by atoms with van der Waals surface area (Å²) in [6, 6.07) is 7.11. The number of likely N-dealkylation sites (tertiary alicyclic amines) is 1. The largest absolute Gasteiger partial charge is 0.349 e. The predicted molar refractivity (Wildman–Crippen MR) is 89.4 cm³/mol. The average Bonchev–Trinajstić information content (AvgIpc) is 3.12. The van der Waals surface area contributed by atoms with Gasteiger partial charge in [-0.3, -0.25) is 19.3 Å². The van der Waals surface area contributed by atoms with E-state index in [4.69, 9.17) is 11.6 Å². The molecule has 0 spiro atoms. The molecule has 0 bridgehead atoms. The molecule has 25 heavy (non-hydrogen) atoms. The van der Waals surface area contributed by atoms with Gasteiger partial charge in [-0.05, 0) is 19.1 Å². The molecule has 1 aromatic carbocycles. The van der Waals surface area contributed by atoms with Crippen molar-refractivity contribution in [3.05, 3.63) is 40.7 Å². The molecular formula is C16H16ClN5O3. The molecule has 2 aromatic rings. The first kappa shape index (κ1) is 17.1. The van der Waals surface area contributed by atoms with Gasteiger partial charge < -0.3 is 5.32 Å². The standard InChI is InChI=1S/C16H16ClN5O3/c1-10-15(19-20-22(10)12-5-3-2-4-11(12)17)16(25)18-8-9-21-13(23)6-7-14(21)24/h2-5H,6-9H2,1H3,(H,18,25). The van der Waals surface area contributed by atoms with E-state index in [1.165, 1.54) is 4.68 Å². The van der Waals surface area contributed by atoms with Crippen LogP contribution in [0.15, 0.2) is 24.3 Å². The van der Waals surface area contributed by atoms with E-state index in [2.05, 4.69) is 15.6 Å². The van der Waals surface area contributed by atoms with Crippen LogP contribution in [0.2, 0.25) is 5.02 Å². The van der Waals surface area contributed by atoms with Crippen LogP contribution in [-0.2, 0) is 9.59 Å². The number of carbonyl (C=O) groups is 3. The Labute approximate surface area is 148 Å². The van der Waals surface area contributed by atoms with E-state index in [-0.39, 0.29) is 43.4 Å². The fourth-order valence-corrected chi connectivity index (χ4v) is 2.84. The number of para-hydroxylation sites is 1. The lowest BCUT2D eigenvalue weighted by Gasteiger charge is -2.13. The van der Waals surface area contributed by atoms with E-state index in [0.29, 0.717) is 16.4 Å². The predicted octanol–water partition coefficient (Wildman–Crippen LogP) is 1.11. The van der Waals surface area contributed by atoms with Gasteiger partial charge in [-0.2, -0.15) is 0 Å². The molecule has 1 aromatic heterocycles. The SMILES string of the molecule is Cc1c(C(=O)NCCN2C(=O)CCC2=O)nnn1-c1ccccc1Cl. The highest BCUT2D eigenvalue weighted by atomic mass is 35.5. The highest BCUT2D eigenvalue weighted by Crippen LogP contribution is 2.21. The Morgan fingerprint density at radius 2 is 1.92 bits per heavy atom. The van der Waals surface area contributed by atoms with Crippen molar-refractivity contribution in [3.8, 4) is 5.69 Å². The Kier molecular flexibility index (Phi) is 4.80. The second kappa shape index (κ2) is 7.02. The van der Waals surface area contributed by atoms with Crippen LogP contribution in [0, 0.1) is 6.92 Å². The molecule has 0 saturated carbocycles. The maximum atomic E-state index is 12.3. The molecule has 1 saturated heterocycles. The zero-order valence-electron chi connectivity index (χ0n) is 13.5. The minimum absolute atomic E-state index is 0.154. The normalized spacial score (nSPS) is 14.2. The summed E-state index contributed by atoms with van der Waals surface area (Å²) < 4.78 is 1.49. The maximum Gasteiger partial charge on any atom is 0.273 e. The summed E-state index contributed by atoms with van der Waals surface area (Å²) >= 11 is 6.14. The van der Waals surface area contributed by atoms with Crippen molar-refractivity contribution in [2.24, 2.45) is 0 Å². The number of halogens is 1. The van der Waals surface area contributed by atoms with Gasteiger partial charge in [0.1, 0.15) is 0 Å². The van der Waals surface area contributed by atoms with Crippen LogP contribution in [0.4, 0.5) is 0 Å².